The van der Waals surface area contributed by atoms with Gasteiger partial charge in [0.2, 0.25) is 0 Å². The smallest absolute Gasteiger partial charge is 0.342 e. The number of carbonyl (C=O) groups excluding carboxylic acids is 1. The lowest BCUT2D eigenvalue weighted by Crippen LogP contribution is -2.24. The summed E-state index contributed by atoms with van der Waals surface area (Å²) in [5.41, 5.74) is 7.72. The van der Waals surface area contributed by atoms with Gasteiger partial charge in [-0.15, -0.1) is 11.3 Å². The first-order chi connectivity index (χ1) is 9.87. The molecule has 5 heteroatoms. The number of hydrogen-bond acceptors (Lipinski definition) is 5. The second-order valence-electron chi connectivity index (χ2n) is 5.93. The van der Waals surface area contributed by atoms with Crippen molar-refractivity contribution in [3.05, 3.63) is 34.7 Å². The van der Waals surface area contributed by atoms with Crippen molar-refractivity contribution in [1.29, 1.82) is 0 Å². The van der Waals surface area contributed by atoms with Crippen LogP contribution < -0.4 is 10.5 Å². The fourth-order valence-electron chi connectivity index (χ4n) is 2.36. The van der Waals surface area contributed by atoms with E-state index in [1.807, 2.05) is 45.0 Å². The van der Waals surface area contributed by atoms with Crippen molar-refractivity contribution < 1.29 is 14.3 Å². The minimum Gasteiger partial charge on any atom is -0.487 e. The molecule has 0 unspecified atom stereocenters. The quantitative estimate of drug-likeness (QED) is 0.813. The maximum atomic E-state index is 12.5. The number of benzene rings is 1. The lowest BCUT2D eigenvalue weighted by Gasteiger charge is -2.21. The molecule has 2 aromatic rings. The lowest BCUT2D eigenvalue weighted by atomic mass is 9.98. The molecule has 3 rings (SSSR count). The van der Waals surface area contributed by atoms with Gasteiger partial charge in [0.25, 0.3) is 0 Å². The van der Waals surface area contributed by atoms with Crippen molar-refractivity contribution >= 4 is 22.3 Å². The summed E-state index contributed by atoms with van der Waals surface area (Å²) < 4.78 is 11.2. The van der Waals surface area contributed by atoms with Crippen LogP contribution in [-0.2, 0) is 11.3 Å². The Hall–Kier alpha value is -2.01. The SMILES string of the molecule is CC(C)(C)OC(=O)c1c(N)sc2c1-c1ccccc1OC2. The van der Waals surface area contributed by atoms with Crippen molar-refractivity contribution in [3.8, 4) is 16.9 Å². The van der Waals surface area contributed by atoms with E-state index in [1.165, 1.54) is 11.3 Å². The number of esters is 1. The number of nitrogen functional groups attached to an aromatic ring is 1. The zero-order chi connectivity index (χ0) is 15.2. The molecular weight excluding hydrogens is 286 g/mol. The minimum absolute atomic E-state index is 0.380. The first kappa shape index (κ1) is 13.9. The van der Waals surface area contributed by atoms with E-state index in [4.69, 9.17) is 15.2 Å². The first-order valence-corrected chi connectivity index (χ1v) is 7.55. The van der Waals surface area contributed by atoms with E-state index in [1.54, 1.807) is 0 Å². The molecule has 0 atom stereocenters. The highest BCUT2D eigenvalue weighted by atomic mass is 32.1. The highest BCUT2D eigenvalue weighted by Gasteiger charge is 2.31. The monoisotopic (exact) mass is 303 g/mol. The Balaban J connectivity index is 2.13. The molecule has 0 spiro atoms. The standard InChI is InChI=1S/C16H17NO3S/c1-16(2,3)20-15(18)13-12-9-6-4-5-7-10(9)19-8-11(12)21-14(13)17/h4-7H,8,17H2,1-3H3. The average molecular weight is 303 g/mol. The Morgan fingerprint density at radius 3 is 2.76 bits per heavy atom. The zero-order valence-corrected chi connectivity index (χ0v) is 13.0. The van der Waals surface area contributed by atoms with E-state index in [2.05, 4.69) is 0 Å². The molecule has 0 bridgehead atoms. The Kier molecular flexibility index (Phi) is 3.17. The van der Waals surface area contributed by atoms with E-state index in [-0.39, 0.29) is 5.97 Å². The summed E-state index contributed by atoms with van der Waals surface area (Å²) in [5, 5.41) is 0.481. The van der Waals surface area contributed by atoms with Crippen LogP contribution in [0.5, 0.6) is 5.75 Å². The van der Waals surface area contributed by atoms with Gasteiger partial charge in [-0.2, -0.15) is 0 Å². The van der Waals surface area contributed by atoms with Crippen LogP contribution in [0.25, 0.3) is 11.1 Å². The molecule has 110 valence electrons. The highest BCUT2D eigenvalue weighted by molar-refractivity contribution is 7.17. The van der Waals surface area contributed by atoms with Crippen molar-refractivity contribution in [2.24, 2.45) is 0 Å². The minimum atomic E-state index is -0.553. The highest BCUT2D eigenvalue weighted by Crippen LogP contribution is 2.46. The van der Waals surface area contributed by atoms with Crippen LogP contribution >= 0.6 is 11.3 Å². The number of rotatable bonds is 1. The largest absolute Gasteiger partial charge is 0.487 e. The van der Waals surface area contributed by atoms with Crippen LogP contribution in [0.4, 0.5) is 5.00 Å². The van der Waals surface area contributed by atoms with Crippen LogP contribution in [0.1, 0.15) is 36.0 Å². The summed E-state index contributed by atoms with van der Waals surface area (Å²) in [6.45, 7) is 5.97. The summed E-state index contributed by atoms with van der Waals surface area (Å²) in [6.07, 6.45) is 0. The molecule has 4 nitrogen and oxygen atoms in total. The van der Waals surface area contributed by atoms with Gasteiger partial charge in [0.1, 0.15) is 28.5 Å². The van der Waals surface area contributed by atoms with Crippen LogP contribution in [0.2, 0.25) is 0 Å². The number of fused-ring (bicyclic) bond motifs is 3. The van der Waals surface area contributed by atoms with Gasteiger partial charge in [-0.25, -0.2) is 4.79 Å². The van der Waals surface area contributed by atoms with Gasteiger partial charge >= 0.3 is 5.97 Å². The Morgan fingerprint density at radius 1 is 1.33 bits per heavy atom. The third-order valence-electron chi connectivity index (χ3n) is 3.13. The van der Waals surface area contributed by atoms with E-state index in [0.717, 1.165) is 21.8 Å². The molecule has 1 aliphatic heterocycles. The van der Waals surface area contributed by atoms with E-state index >= 15 is 0 Å². The molecule has 1 aliphatic rings. The Labute approximate surface area is 127 Å². The summed E-state index contributed by atoms with van der Waals surface area (Å²) in [4.78, 5) is 13.5. The second-order valence-corrected chi connectivity index (χ2v) is 7.06. The molecule has 0 amide bonds. The number of para-hydroxylation sites is 1. The third-order valence-corrected chi connectivity index (χ3v) is 4.12. The van der Waals surface area contributed by atoms with Gasteiger partial charge in [0.15, 0.2) is 0 Å². The Morgan fingerprint density at radius 2 is 2.05 bits per heavy atom. The van der Waals surface area contributed by atoms with Gasteiger partial charge < -0.3 is 15.2 Å². The van der Waals surface area contributed by atoms with Gasteiger partial charge in [0, 0.05) is 11.1 Å². The Bertz CT molecular complexity index is 713. The maximum absolute atomic E-state index is 12.5. The predicted octanol–water partition coefficient (Wildman–Crippen LogP) is 3.85. The van der Waals surface area contributed by atoms with E-state index in [0.29, 0.717) is 17.2 Å². The number of thiophene rings is 1. The topological polar surface area (TPSA) is 61.5 Å². The van der Waals surface area contributed by atoms with Gasteiger partial charge in [-0.1, -0.05) is 18.2 Å². The molecule has 0 saturated heterocycles. The fraction of sp³-hybridized carbons (Fsp3) is 0.312. The molecule has 0 fully saturated rings. The van der Waals surface area contributed by atoms with Crippen LogP contribution in [0, 0.1) is 0 Å². The second kappa shape index (κ2) is 4.77. The van der Waals surface area contributed by atoms with Crippen molar-refractivity contribution in [1.82, 2.24) is 0 Å². The molecular formula is C16H17NO3S. The number of nitrogens with two attached hydrogens (primary N) is 1. The van der Waals surface area contributed by atoms with Crippen molar-refractivity contribution in [3.63, 3.8) is 0 Å². The number of hydrogen-bond donors (Lipinski definition) is 1. The third kappa shape index (κ3) is 2.49. The normalized spacial score (nSPS) is 13.1. The lowest BCUT2D eigenvalue weighted by molar-refractivity contribution is 0.00720. The van der Waals surface area contributed by atoms with Gasteiger partial charge in [-0.05, 0) is 26.8 Å². The van der Waals surface area contributed by atoms with Gasteiger partial charge in [0.05, 0.1) is 4.88 Å². The van der Waals surface area contributed by atoms with E-state index in [9.17, 15) is 4.79 Å². The number of carbonyl (C=O) groups is 1. The van der Waals surface area contributed by atoms with Crippen molar-refractivity contribution in [2.45, 2.75) is 33.0 Å². The molecule has 1 aromatic carbocycles. The zero-order valence-electron chi connectivity index (χ0n) is 12.2. The summed E-state index contributed by atoms with van der Waals surface area (Å²) in [6, 6.07) is 7.66. The van der Waals surface area contributed by atoms with Crippen LogP contribution in [0.15, 0.2) is 24.3 Å². The molecule has 2 N–H and O–H groups in total. The van der Waals surface area contributed by atoms with Crippen molar-refractivity contribution in [2.75, 3.05) is 5.73 Å². The number of anilines is 1. The molecule has 2 heterocycles. The molecule has 21 heavy (non-hydrogen) atoms. The maximum Gasteiger partial charge on any atom is 0.342 e. The number of ether oxygens (including phenoxy) is 2. The summed E-state index contributed by atoms with van der Waals surface area (Å²) in [5.74, 6) is 0.391. The molecule has 0 radical (unpaired) electrons. The molecule has 0 aliphatic carbocycles. The summed E-state index contributed by atoms with van der Waals surface area (Å²) >= 11 is 1.39. The first-order valence-electron chi connectivity index (χ1n) is 6.73. The fourth-order valence-corrected chi connectivity index (χ4v) is 3.34. The molecule has 1 aromatic heterocycles. The average Bonchev–Trinajstić information content (AvgIpc) is 2.73. The predicted molar refractivity (Wildman–Crippen MR) is 83.7 cm³/mol. The molecule has 0 saturated carbocycles. The van der Waals surface area contributed by atoms with Crippen LogP contribution in [-0.4, -0.2) is 11.6 Å². The van der Waals surface area contributed by atoms with Gasteiger partial charge in [-0.3, -0.25) is 0 Å². The van der Waals surface area contributed by atoms with E-state index < -0.39 is 5.60 Å². The summed E-state index contributed by atoms with van der Waals surface area (Å²) in [7, 11) is 0. The van der Waals surface area contributed by atoms with Crippen LogP contribution in [0.3, 0.4) is 0 Å².